The number of nitrogens with zero attached hydrogens (tertiary/aromatic N) is 4. The number of nitro groups is 1. The number of rotatable bonds is 6. The Hall–Kier alpha value is -3.46. The molecule has 3 heterocycles. The van der Waals surface area contributed by atoms with Gasteiger partial charge in [-0.25, -0.2) is 0 Å². The first-order valence-corrected chi connectivity index (χ1v) is 11.2. The first-order valence-electron chi connectivity index (χ1n) is 10.8. The van der Waals surface area contributed by atoms with Gasteiger partial charge in [0.1, 0.15) is 11.4 Å². The third kappa shape index (κ3) is 3.93. The van der Waals surface area contributed by atoms with Gasteiger partial charge >= 0.3 is 0 Å². The molecule has 0 radical (unpaired) electrons. The molecule has 1 fully saturated rings. The molecule has 1 aliphatic rings. The van der Waals surface area contributed by atoms with E-state index >= 15 is 0 Å². The van der Waals surface area contributed by atoms with E-state index in [1.807, 2.05) is 36.6 Å². The van der Waals surface area contributed by atoms with Gasteiger partial charge in [-0.1, -0.05) is 6.07 Å². The molecule has 0 amide bonds. The van der Waals surface area contributed by atoms with Crippen molar-refractivity contribution in [2.24, 2.45) is 0 Å². The number of nitrogens with one attached hydrogen (secondary N) is 1. The third-order valence-corrected chi connectivity index (χ3v) is 6.43. The monoisotopic (exact) mass is 465 g/mol. The first kappa shape index (κ1) is 22.7. The van der Waals surface area contributed by atoms with Gasteiger partial charge in [-0.2, -0.15) is 0 Å². The van der Waals surface area contributed by atoms with Crippen molar-refractivity contribution in [3.8, 4) is 11.4 Å². The molecule has 1 saturated heterocycles. The summed E-state index contributed by atoms with van der Waals surface area (Å²) < 4.78 is 7.14. The number of thiocarbonyl (C=S) groups is 1. The number of hydrogen-bond acceptors (Lipinski definition) is 5. The Morgan fingerprint density at radius 3 is 2.58 bits per heavy atom. The summed E-state index contributed by atoms with van der Waals surface area (Å²) in [5.41, 5.74) is 4.26. The molecule has 3 aromatic rings. The fourth-order valence-corrected chi connectivity index (χ4v) is 5.13. The SMILES string of the molecule is COc1ccc(-n2c(C)cc([C@@H]3[C@@H](c4ccccn4)NC(=S)N3C(C)C)c2C)c([N+](=O)[O-])c1. The van der Waals surface area contributed by atoms with Crippen molar-refractivity contribution >= 4 is 23.0 Å². The lowest BCUT2D eigenvalue weighted by atomic mass is 9.96. The number of benzene rings is 1. The highest BCUT2D eigenvalue weighted by Gasteiger charge is 2.42. The van der Waals surface area contributed by atoms with E-state index in [0.717, 1.165) is 22.6 Å². The minimum absolute atomic E-state index is 0.00948. The Morgan fingerprint density at radius 1 is 1.21 bits per heavy atom. The van der Waals surface area contributed by atoms with Crippen LogP contribution in [-0.2, 0) is 0 Å². The van der Waals surface area contributed by atoms with Crippen LogP contribution in [0.4, 0.5) is 5.69 Å². The van der Waals surface area contributed by atoms with E-state index in [0.29, 0.717) is 16.5 Å². The van der Waals surface area contributed by atoms with Crippen LogP contribution in [0, 0.1) is 24.0 Å². The lowest BCUT2D eigenvalue weighted by Crippen LogP contribution is -2.35. The minimum Gasteiger partial charge on any atom is -0.496 e. The second kappa shape index (κ2) is 8.82. The Morgan fingerprint density at radius 2 is 1.97 bits per heavy atom. The summed E-state index contributed by atoms with van der Waals surface area (Å²) in [6.07, 6.45) is 1.78. The van der Waals surface area contributed by atoms with E-state index in [1.165, 1.54) is 13.2 Å². The second-order valence-corrected chi connectivity index (χ2v) is 8.79. The van der Waals surface area contributed by atoms with Gasteiger partial charge in [0, 0.05) is 23.6 Å². The van der Waals surface area contributed by atoms with Crippen LogP contribution in [0.25, 0.3) is 5.69 Å². The van der Waals surface area contributed by atoms with Crippen molar-refractivity contribution in [2.75, 3.05) is 7.11 Å². The maximum atomic E-state index is 11.9. The third-order valence-electron chi connectivity index (χ3n) is 6.10. The van der Waals surface area contributed by atoms with Gasteiger partial charge in [-0.05, 0) is 75.8 Å². The van der Waals surface area contributed by atoms with Crippen LogP contribution in [-0.4, -0.2) is 37.6 Å². The topological polar surface area (TPSA) is 85.5 Å². The largest absolute Gasteiger partial charge is 0.496 e. The molecular formula is C24H27N5O3S. The normalized spacial score (nSPS) is 18.0. The Kier molecular flexibility index (Phi) is 6.07. The molecule has 0 bridgehead atoms. The maximum absolute atomic E-state index is 11.9. The predicted molar refractivity (Wildman–Crippen MR) is 131 cm³/mol. The predicted octanol–water partition coefficient (Wildman–Crippen LogP) is 4.79. The number of hydrogen-bond donors (Lipinski definition) is 1. The van der Waals surface area contributed by atoms with E-state index in [9.17, 15) is 10.1 Å². The van der Waals surface area contributed by atoms with Gasteiger partial charge in [0.25, 0.3) is 5.69 Å². The molecule has 33 heavy (non-hydrogen) atoms. The van der Waals surface area contributed by atoms with Crippen molar-refractivity contribution in [2.45, 2.75) is 45.8 Å². The van der Waals surface area contributed by atoms with Crippen molar-refractivity contribution in [3.63, 3.8) is 0 Å². The van der Waals surface area contributed by atoms with Crippen molar-refractivity contribution < 1.29 is 9.66 Å². The lowest BCUT2D eigenvalue weighted by Gasteiger charge is -2.31. The zero-order chi connectivity index (χ0) is 23.9. The number of pyridine rings is 1. The average Bonchev–Trinajstić information content (AvgIpc) is 3.29. The van der Waals surface area contributed by atoms with E-state index < -0.39 is 0 Å². The van der Waals surface area contributed by atoms with Crippen LogP contribution >= 0.6 is 12.2 Å². The fourth-order valence-electron chi connectivity index (χ4n) is 4.68. The van der Waals surface area contributed by atoms with E-state index in [-0.39, 0.29) is 28.7 Å². The number of aromatic nitrogens is 2. The molecule has 2 atom stereocenters. The summed E-state index contributed by atoms with van der Waals surface area (Å²) >= 11 is 5.71. The average molecular weight is 466 g/mol. The van der Waals surface area contributed by atoms with Gasteiger partial charge in [0.2, 0.25) is 0 Å². The molecule has 9 heteroatoms. The summed E-state index contributed by atoms with van der Waals surface area (Å²) in [5, 5.41) is 16.0. The standard InChI is InChI=1S/C24H27N5O3S/c1-14(2)27-23(22(26-24(27)33)19-8-6-7-11-25-19)18-12-15(3)28(16(18)4)20-10-9-17(32-5)13-21(20)29(30)31/h6-14,22-23H,1-5H3,(H,26,33)/t22-,23-/m1/s1. The quantitative estimate of drug-likeness (QED) is 0.318. The summed E-state index contributed by atoms with van der Waals surface area (Å²) in [5.74, 6) is 0.444. The van der Waals surface area contributed by atoms with Crippen LogP contribution in [0.5, 0.6) is 5.75 Å². The molecule has 4 rings (SSSR count). The zero-order valence-corrected chi connectivity index (χ0v) is 20.1. The summed E-state index contributed by atoms with van der Waals surface area (Å²) in [7, 11) is 1.50. The maximum Gasteiger partial charge on any atom is 0.296 e. The minimum atomic E-state index is -0.375. The van der Waals surface area contributed by atoms with Gasteiger partial charge < -0.3 is 19.5 Å². The molecule has 0 spiro atoms. The molecular weight excluding hydrogens is 438 g/mol. The van der Waals surface area contributed by atoms with Crippen LogP contribution in [0.2, 0.25) is 0 Å². The number of nitro benzene ring substituents is 1. The smallest absolute Gasteiger partial charge is 0.296 e. The molecule has 172 valence electrons. The van der Waals surface area contributed by atoms with Crippen molar-refractivity contribution in [3.05, 3.63) is 81.4 Å². The van der Waals surface area contributed by atoms with Crippen LogP contribution in [0.3, 0.4) is 0 Å². The fraction of sp³-hybridized carbons (Fsp3) is 0.333. The lowest BCUT2D eigenvalue weighted by molar-refractivity contribution is -0.384. The van der Waals surface area contributed by atoms with Gasteiger partial charge in [-0.3, -0.25) is 15.1 Å². The molecule has 8 nitrogen and oxygen atoms in total. The molecule has 0 aliphatic carbocycles. The number of ether oxygens (including phenoxy) is 1. The Labute approximate surface area is 198 Å². The van der Waals surface area contributed by atoms with Crippen LogP contribution in [0.1, 0.15) is 48.6 Å². The second-order valence-electron chi connectivity index (χ2n) is 8.40. The van der Waals surface area contributed by atoms with Gasteiger partial charge in [-0.15, -0.1) is 0 Å². The molecule has 1 aromatic carbocycles. The number of aryl methyl sites for hydroxylation is 1. The highest BCUT2D eigenvalue weighted by atomic mass is 32.1. The highest BCUT2D eigenvalue weighted by molar-refractivity contribution is 7.80. The Bertz CT molecular complexity index is 1210. The zero-order valence-electron chi connectivity index (χ0n) is 19.3. The van der Waals surface area contributed by atoms with Crippen LogP contribution < -0.4 is 10.1 Å². The van der Waals surface area contributed by atoms with Crippen molar-refractivity contribution in [1.82, 2.24) is 19.8 Å². The molecule has 0 unspecified atom stereocenters. The van der Waals surface area contributed by atoms with Crippen LogP contribution in [0.15, 0.2) is 48.7 Å². The van der Waals surface area contributed by atoms with Gasteiger partial charge in [0.15, 0.2) is 5.11 Å². The van der Waals surface area contributed by atoms with E-state index in [2.05, 4.69) is 35.1 Å². The summed E-state index contributed by atoms with van der Waals surface area (Å²) in [6.45, 7) is 8.16. The molecule has 0 saturated carbocycles. The van der Waals surface area contributed by atoms with E-state index in [1.54, 1.807) is 18.3 Å². The highest BCUT2D eigenvalue weighted by Crippen LogP contribution is 2.43. The Balaban J connectivity index is 1.89. The van der Waals surface area contributed by atoms with Gasteiger partial charge in [0.05, 0.1) is 35.9 Å². The molecule has 1 N–H and O–H groups in total. The van der Waals surface area contributed by atoms with E-state index in [4.69, 9.17) is 17.0 Å². The summed E-state index contributed by atoms with van der Waals surface area (Å²) in [6, 6.07) is 12.8. The summed E-state index contributed by atoms with van der Waals surface area (Å²) in [4.78, 5) is 18.3. The molecule has 2 aromatic heterocycles. The molecule has 1 aliphatic heterocycles. The first-order chi connectivity index (χ1) is 15.7. The number of methoxy groups -OCH3 is 1. The van der Waals surface area contributed by atoms with Crippen molar-refractivity contribution in [1.29, 1.82) is 0 Å².